The maximum atomic E-state index is 12.9. The molecule has 4 aliphatic rings. The standard InChI is InChI=1S/C25H33N3O5/c1-32-18-10-15(11-18)13-26-20-4-2-3-5-22(20)33-17-6-7-19-16(12-17)14-28(25(19)31)21-8-9-23(29)27-24(21)30/h6-7,12,15,18,20-22,26H,2-5,8-11,13-14H2,1H3,(H,27,29,30)/t15-,18-,20?,21?,22?. The number of amides is 3. The van der Waals surface area contributed by atoms with E-state index in [1.54, 1.807) is 12.0 Å². The number of benzene rings is 1. The number of methoxy groups -OCH3 is 1. The van der Waals surface area contributed by atoms with Gasteiger partial charge in [0.25, 0.3) is 5.91 Å². The summed E-state index contributed by atoms with van der Waals surface area (Å²) in [6.45, 7) is 1.37. The van der Waals surface area contributed by atoms with Crippen molar-refractivity contribution in [1.82, 2.24) is 15.5 Å². The number of ether oxygens (including phenoxy) is 2. The largest absolute Gasteiger partial charge is 0.489 e. The van der Waals surface area contributed by atoms with Crippen molar-refractivity contribution in [2.75, 3.05) is 13.7 Å². The molecule has 3 atom stereocenters. The number of piperidine rings is 1. The molecule has 3 unspecified atom stereocenters. The molecule has 1 saturated heterocycles. The fraction of sp³-hybridized carbons (Fsp3) is 0.640. The first-order valence-electron chi connectivity index (χ1n) is 12.2. The number of fused-ring (bicyclic) bond motifs is 1. The van der Waals surface area contributed by atoms with Gasteiger partial charge in [-0.25, -0.2) is 0 Å². The van der Waals surface area contributed by atoms with Gasteiger partial charge in [-0.2, -0.15) is 0 Å². The Hall–Kier alpha value is -2.45. The normalized spacial score (nSPS) is 31.7. The van der Waals surface area contributed by atoms with Crippen LogP contribution < -0.4 is 15.4 Å². The van der Waals surface area contributed by atoms with Crippen LogP contribution in [0.5, 0.6) is 5.75 Å². The highest BCUT2D eigenvalue weighted by atomic mass is 16.5. The molecule has 3 amide bonds. The van der Waals surface area contributed by atoms with Gasteiger partial charge < -0.3 is 19.7 Å². The second kappa shape index (κ2) is 9.43. The van der Waals surface area contributed by atoms with Gasteiger partial charge in [-0.1, -0.05) is 6.42 Å². The molecule has 5 rings (SSSR count). The molecule has 1 aromatic rings. The molecule has 2 saturated carbocycles. The van der Waals surface area contributed by atoms with E-state index in [1.807, 2.05) is 18.2 Å². The number of hydrogen-bond donors (Lipinski definition) is 2. The molecule has 1 aromatic carbocycles. The van der Waals surface area contributed by atoms with E-state index in [4.69, 9.17) is 9.47 Å². The van der Waals surface area contributed by atoms with Crippen LogP contribution in [0, 0.1) is 5.92 Å². The molecule has 2 heterocycles. The van der Waals surface area contributed by atoms with E-state index in [0.29, 0.717) is 36.6 Å². The highest BCUT2D eigenvalue weighted by Gasteiger charge is 2.39. The fourth-order valence-electron chi connectivity index (χ4n) is 5.62. The third kappa shape index (κ3) is 4.64. The predicted molar refractivity (Wildman–Crippen MR) is 121 cm³/mol. The van der Waals surface area contributed by atoms with Gasteiger partial charge in [0, 0.05) is 31.7 Å². The van der Waals surface area contributed by atoms with Crippen LogP contribution in [0.2, 0.25) is 0 Å². The van der Waals surface area contributed by atoms with Gasteiger partial charge in [-0.3, -0.25) is 19.7 Å². The van der Waals surface area contributed by atoms with E-state index in [9.17, 15) is 14.4 Å². The molecule has 0 bridgehead atoms. The third-order valence-electron chi connectivity index (χ3n) is 7.68. The minimum atomic E-state index is -0.594. The van der Waals surface area contributed by atoms with Crippen molar-refractivity contribution in [2.45, 2.75) is 82.2 Å². The number of nitrogens with zero attached hydrogens (tertiary/aromatic N) is 1. The first-order valence-corrected chi connectivity index (χ1v) is 12.2. The van der Waals surface area contributed by atoms with E-state index in [0.717, 1.165) is 50.0 Å². The lowest BCUT2D eigenvalue weighted by molar-refractivity contribution is -0.136. The van der Waals surface area contributed by atoms with Gasteiger partial charge in [0.15, 0.2) is 0 Å². The summed E-state index contributed by atoms with van der Waals surface area (Å²) in [6.07, 6.45) is 7.91. The number of hydrogen-bond acceptors (Lipinski definition) is 6. The average molecular weight is 456 g/mol. The highest BCUT2D eigenvalue weighted by molar-refractivity contribution is 6.05. The zero-order chi connectivity index (χ0) is 22.9. The summed E-state index contributed by atoms with van der Waals surface area (Å²) in [5, 5.41) is 6.09. The summed E-state index contributed by atoms with van der Waals surface area (Å²) in [5.41, 5.74) is 1.49. The molecule has 0 radical (unpaired) electrons. The van der Waals surface area contributed by atoms with Crippen molar-refractivity contribution in [3.8, 4) is 5.75 Å². The van der Waals surface area contributed by atoms with Gasteiger partial charge in [-0.15, -0.1) is 0 Å². The molecule has 2 aliphatic heterocycles. The number of imide groups is 1. The Kier molecular flexibility index (Phi) is 6.38. The van der Waals surface area contributed by atoms with E-state index >= 15 is 0 Å². The monoisotopic (exact) mass is 455 g/mol. The van der Waals surface area contributed by atoms with Gasteiger partial charge in [0.2, 0.25) is 11.8 Å². The second-order valence-electron chi connectivity index (χ2n) is 9.87. The number of carbonyl (C=O) groups excluding carboxylic acids is 3. The van der Waals surface area contributed by atoms with Crippen LogP contribution in [0.4, 0.5) is 0 Å². The lowest BCUT2D eigenvalue weighted by Gasteiger charge is -2.38. The van der Waals surface area contributed by atoms with Crippen molar-refractivity contribution in [2.24, 2.45) is 5.92 Å². The Bertz CT molecular complexity index is 929. The SMILES string of the molecule is CO[C@H]1C[C@H](CNC2CCCCC2Oc2ccc3c(c2)CN(C2CCC(=O)NC2=O)C3=O)C1. The molecule has 0 spiro atoms. The smallest absolute Gasteiger partial charge is 0.255 e. The molecular weight excluding hydrogens is 422 g/mol. The van der Waals surface area contributed by atoms with Crippen LogP contribution >= 0.6 is 0 Å². The number of carbonyl (C=O) groups is 3. The molecule has 0 aromatic heterocycles. The molecule has 33 heavy (non-hydrogen) atoms. The number of rotatable bonds is 7. The zero-order valence-corrected chi connectivity index (χ0v) is 19.2. The van der Waals surface area contributed by atoms with Crippen LogP contribution in [-0.4, -0.2) is 60.6 Å². The summed E-state index contributed by atoms with van der Waals surface area (Å²) in [5.74, 6) is 0.638. The molecular formula is C25H33N3O5. The fourth-order valence-corrected chi connectivity index (χ4v) is 5.62. The van der Waals surface area contributed by atoms with Gasteiger partial charge in [0.05, 0.1) is 6.10 Å². The first kappa shape index (κ1) is 22.3. The molecule has 8 heteroatoms. The first-order chi connectivity index (χ1) is 16.0. The van der Waals surface area contributed by atoms with Crippen molar-refractivity contribution < 1.29 is 23.9 Å². The van der Waals surface area contributed by atoms with E-state index in [1.165, 1.54) is 6.42 Å². The summed E-state index contributed by atoms with van der Waals surface area (Å²) in [7, 11) is 1.79. The summed E-state index contributed by atoms with van der Waals surface area (Å²) >= 11 is 0. The molecule has 3 fully saturated rings. The predicted octanol–water partition coefficient (Wildman–Crippen LogP) is 2.15. The van der Waals surface area contributed by atoms with Gasteiger partial charge in [-0.05, 0) is 74.8 Å². The Balaban J connectivity index is 1.21. The molecule has 2 N–H and O–H groups in total. The highest BCUT2D eigenvalue weighted by Crippen LogP contribution is 2.33. The van der Waals surface area contributed by atoms with Crippen molar-refractivity contribution in [3.05, 3.63) is 29.3 Å². The second-order valence-corrected chi connectivity index (χ2v) is 9.87. The molecule has 2 aliphatic carbocycles. The summed E-state index contributed by atoms with van der Waals surface area (Å²) < 4.78 is 11.8. The van der Waals surface area contributed by atoms with E-state index < -0.39 is 6.04 Å². The van der Waals surface area contributed by atoms with Crippen molar-refractivity contribution in [3.63, 3.8) is 0 Å². The minimum absolute atomic E-state index is 0.110. The third-order valence-corrected chi connectivity index (χ3v) is 7.68. The van der Waals surface area contributed by atoms with Crippen LogP contribution in [0.15, 0.2) is 18.2 Å². The van der Waals surface area contributed by atoms with Crippen molar-refractivity contribution in [1.29, 1.82) is 0 Å². The average Bonchev–Trinajstić information content (AvgIpc) is 3.09. The summed E-state index contributed by atoms with van der Waals surface area (Å²) in [4.78, 5) is 38.2. The van der Waals surface area contributed by atoms with Crippen LogP contribution in [0.25, 0.3) is 0 Å². The lowest BCUT2D eigenvalue weighted by atomic mass is 9.81. The van der Waals surface area contributed by atoms with Crippen LogP contribution in [0.3, 0.4) is 0 Å². The maximum absolute atomic E-state index is 12.9. The Labute approximate surface area is 194 Å². The Morgan fingerprint density at radius 2 is 1.94 bits per heavy atom. The van der Waals surface area contributed by atoms with Crippen LogP contribution in [0.1, 0.15) is 67.3 Å². The maximum Gasteiger partial charge on any atom is 0.255 e. The van der Waals surface area contributed by atoms with E-state index in [-0.39, 0.29) is 30.2 Å². The Morgan fingerprint density at radius 3 is 2.73 bits per heavy atom. The number of nitrogens with one attached hydrogen (secondary N) is 2. The quantitative estimate of drug-likeness (QED) is 0.612. The summed E-state index contributed by atoms with van der Waals surface area (Å²) in [6, 6.07) is 5.35. The molecule has 8 nitrogen and oxygen atoms in total. The van der Waals surface area contributed by atoms with Gasteiger partial charge >= 0.3 is 0 Å². The minimum Gasteiger partial charge on any atom is -0.489 e. The molecule has 178 valence electrons. The Morgan fingerprint density at radius 1 is 1.12 bits per heavy atom. The zero-order valence-electron chi connectivity index (χ0n) is 19.2. The lowest BCUT2D eigenvalue weighted by Crippen LogP contribution is -2.52. The van der Waals surface area contributed by atoms with E-state index in [2.05, 4.69) is 10.6 Å². The van der Waals surface area contributed by atoms with Crippen LogP contribution in [-0.2, 0) is 20.9 Å². The van der Waals surface area contributed by atoms with Crippen molar-refractivity contribution >= 4 is 17.7 Å². The topological polar surface area (TPSA) is 97.0 Å². The van der Waals surface area contributed by atoms with Gasteiger partial charge in [0.1, 0.15) is 17.9 Å².